The highest BCUT2D eigenvalue weighted by Crippen LogP contribution is 2.32. The topological polar surface area (TPSA) is 101 Å². The van der Waals surface area contributed by atoms with Gasteiger partial charge >= 0.3 is 5.97 Å². The molecule has 0 bridgehead atoms. The van der Waals surface area contributed by atoms with Crippen molar-refractivity contribution in [3.05, 3.63) is 33.3 Å². The van der Waals surface area contributed by atoms with Gasteiger partial charge in [-0.15, -0.1) is 11.8 Å². The van der Waals surface area contributed by atoms with Crippen LogP contribution in [0.15, 0.2) is 23.1 Å². The van der Waals surface area contributed by atoms with Gasteiger partial charge in [0.2, 0.25) is 5.91 Å². The third-order valence-electron chi connectivity index (χ3n) is 3.33. The Morgan fingerprint density at radius 3 is 2.86 bits per heavy atom. The van der Waals surface area contributed by atoms with Crippen molar-refractivity contribution in [2.75, 3.05) is 12.3 Å². The lowest BCUT2D eigenvalue weighted by molar-refractivity contribution is -0.387. The summed E-state index contributed by atoms with van der Waals surface area (Å²) in [4.78, 5) is 35.3. The number of carbonyl (C=O) groups excluding carboxylic acids is 1. The second-order valence-corrected chi connectivity index (χ2v) is 6.19. The summed E-state index contributed by atoms with van der Waals surface area (Å²) in [6.07, 6.45) is 1.08. The van der Waals surface area contributed by atoms with Gasteiger partial charge in [0.25, 0.3) is 5.69 Å². The van der Waals surface area contributed by atoms with Gasteiger partial charge in [-0.05, 0) is 25.0 Å². The highest BCUT2D eigenvalue weighted by Gasteiger charge is 2.33. The number of amides is 1. The lowest BCUT2D eigenvalue weighted by atomic mass is 10.2. The second kappa shape index (κ2) is 6.97. The molecule has 1 unspecified atom stereocenters. The fourth-order valence-corrected chi connectivity index (χ4v) is 3.36. The molecule has 9 heteroatoms. The summed E-state index contributed by atoms with van der Waals surface area (Å²) in [6.45, 7) is 0.402. The van der Waals surface area contributed by atoms with Gasteiger partial charge < -0.3 is 10.0 Å². The minimum absolute atomic E-state index is 0.0494. The highest BCUT2D eigenvalue weighted by molar-refractivity contribution is 8.00. The zero-order chi connectivity index (χ0) is 16.3. The molecule has 1 aliphatic heterocycles. The molecule has 2 rings (SSSR count). The summed E-state index contributed by atoms with van der Waals surface area (Å²) in [5.74, 6) is -1.40. The molecule has 1 fully saturated rings. The fourth-order valence-electron chi connectivity index (χ4n) is 2.30. The number of carboxylic acid groups (broad SMARTS) is 1. The Labute approximate surface area is 135 Å². The Morgan fingerprint density at radius 2 is 2.23 bits per heavy atom. The molecule has 1 heterocycles. The molecular formula is C13H13ClN2O5S. The molecule has 1 atom stereocenters. The average molecular weight is 345 g/mol. The first-order valence-corrected chi connectivity index (χ1v) is 7.85. The molecule has 1 amide bonds. The number of hydrogen-bond acceptors (Lipinski definition) is 5. The van der Waals surface area contributed by atoms with E-state index in [-0.39, 0.29) is 22.4 Å². The van der Waals surface area contributed by atoms with Crippen molar-refractivity contribution in [2.24, 2.45) is 0 Å². The predicted octanol–water partition coefficient (Wildman–Crippen LogP) is 2.42. The van der Waals surface area contributed by atoms with E-state index in [0.717, 1.165) is 11.8 Å². The average Bonchev–Trinajstić information content (AvgIpc) is 2.95. The Morgan fingerprint density at radius 1 is 1.50 bits per heavy atom. The van der Waals surface area contributed by atoms with Gasteiger partial charge in [-0.1, -0.05) is 11.6 Å². The molecule has 1 aromatic carbocycles. The van der Waals surface area contributed by atoms with Crippen LogP contribution in [-0.4, -0.2) is 45.1 Å². The molecule has 0 aliphatic carbocycles. The number of carboxylic acids is 1. The van der Waals surface area contributed by atoms with E-state index in [1.165, 1.54) is 23.1 Å². The van der Waals surface area contributed by atoms with E-state index in [1.54, 1.807) is 0 Å². The summed E-state index contributed by atoms with van der Waals surface area (Å²) >= 11 is 6.74. The number of rotatable bonds is 5. The van der Waals surface area contributed by atoms with Crippen LogP contribution in [0.2, 0.25) is 5.02 Å². The number of likely N-dealkylation sites (tertiary alicyclic amines) is 1. The maximum absolute atomic E-state index is 12.1. The van der Waals surface area contributed by atoms with E-state index >= 15 is 0 Å². The summed E-state index contributed by atoms with van der Waals surface area (Å²) < 4.78 is 0. The van der Waals surface area contributed by atoms with E-state index < -0.39 is 16.9 Å². The van der Waals surface area contributed by atoms with Crippen molar-refractivity contribution in [1.82, 2.24) is 4.90 Å². The van der Waals surface area contributed by atoms with Crippen LogP contribution in [0.3, 0.4) is 0 Å². The molecule has 0 saturated carbocycles. The molecule has 1 aliphatic rings. The Bertz CT molecular complexity index is 624. The van der Waals surface area contributed by atoms with Crippen LogP contribution in [0.25, 0.3) is 0 Å². The molecule has 22 heavy (non-hydrogen) atoms. The number of thioether (sulfide) groups is 1. The van der Waals surface area contributed by atoms with Gasteiger partial charge in [-0.3, -0.25) is 14.9 Å². The van der Waals surface area contributed by atoms with Crippen molar-refractivity contribution < 1.29 is 19.6 Å². The third kappa shape index (κ3) is 3.69. The monoisotopic (exact) mass is 344 g/mol. The van der Waals surface area contributed by atoms with Gasteiger partial charge in [0.1, 0.15) is 6.04 Å². The summed E-state index contributed by atoms with van der Waals surface area (Å²) in [7, 11) is 0. The molecule has 0 aromatic heterocycles. The van der Waals surface area contributed by atoms with Gasteiger partial charge in [-0.25, -0.2) is 4.79 Å². The number of nitro benzene ring substituents is 1. The highest BCUT2D eigenvalue weighted by atomic mass is 35.5. The minimum Gasteiger partial charge on any atom is -0.480 e. The van der Waals surface area contributed by atoms with Crippen molar-refractivity contribution in [1.29, 1.82) is 0 Å². The fraction of sp³-hybridized carbons (Fsp3) is 0.385. The van der Waals surface area contributed by atoms with Gasteiger partial charge in [-0.2, -0.15) is 0 Å². The first-order valence-electron chi connectivity index (χ1n) is 6.49. The Balaban J connectivity index is 2.05. The smallest absolute Gasteiger partial charge is 0.326 e. The summed E-state index contributed by atoms with van der Waals surface area (Å²) in [5.41, 5.74) is -0.165. The molecule has 1 N–H and O–H groups in total. The van der Waals surface area contributed by atoms with Crippen LogP contribution in [0, 0.1) is 10.1 Å². The second-order valence-electron chi connectivity index (χ2n) is 4.74. The standard InChI is InChI=1S/C13H13ClN2O5S/c14-8-3-4-11(10(6-8)16(20)21)22-7-12(17)15-5-1-2-9(15)13(18)19/h3-4,6,9H,1-2,5,7H2,(H,18,19). The molecule has 7 nitrogen and oxygen atoms in total. The van der Waals surface area contributed by atoms with Crippen LogP contribution in [0.1, 0.15) is 12.8 Å². The summed E-state index contributed by atoms with van der Waals surface area (Å²) in [5, 5.41) is 20.3. The van der Waals surface area contributed by atoms with Crippen molar-refractivity contribution in [3.63, 3.8) is 0 Å². The van der Waals surface area contributed by atoms with E-state index in [1.807, 2.05) is 0 Å². The lowest BCUT2D eigenvalue weighted by Gasteiger charge is -2.21. The number of carbonyl (C=O) groups is 2. The SMILES string of the molecule is O=C(O)C1CCCN1C(=O)CSc1ccc(Cl)cc1[N+](=O)[O-]. The van der Waals surface area contributed by atoms with E-state index in [0.29, 0.717) is 24.3 Å². The van der Waals surface area contributed by atoms with Crippen LogP contribution >= 0.6 is 23.4 Å². The molecule has 1 saturated heterocycles. The normalized spacial score (nSPS) is 17.5. The number of hydrogen-bond donors (Lipinski definition) is 1. The first kappa shape index (κ1) is 16.6. The molecule has 0 radical (unpaired) electrons. The van der Waals surface area contributed by atoms with Crippen LogP contribution in [-0.2, 0) is 9.59 Å². The lowest BCUT2D eigenvalue weighted by Crippen LogP contribution is -2.41. The van der Waals surface area contributed by atoms with E-state index in [4.69, 9.17) is 16.7 Å². The molecule has 118 valence electrons. The quantitative estimate of drug-likeness (QED) is 0.500. The first-order chi connectivity index (χ1) is 10.4. The predicted molar refractivity (Wildman–Crippen MR) is 81.2 cm³/mol. The molecular weight excluding hydrogens is 332 g/mol. The maximum atomic E-state index is 12.1. The number of nitro groups is 1. The Kier molecular flexibility index (Phi) is 5.25. The number of benzene rings is 1. The largest absolute Gasteiger partial charge is 0.480 e. The van der Waals surface area contributed by atoms with Crippen molar-refractivity contribution in [3.8, 4) is 0 Å². The summed E-state index contributed by atoms with van der Waals surface area (Å²) in [6, 6.07) is 3.42. The molecule has 1 aromatic rings. The van der Waals surface area contributed by atoms with Crippen molar-refractivity contribution in [2.45, 2.75) is 23.8 Å². The van der Waals surface area contributed by atoms with Gasteiger partial charge in [0.05, 0.1) is 15.6 Å². The number of halogens is 1. The van der Waals surface area contributed by atoms with E-state index in [2.05, 4.69) is 0 Å². The molecule has 0 spiro atoms. The zero-order valence-electron chi connectivity index (χ0n) is 11.4. The maximum Gasteiger partial charge on any atom is 0.326 e. The van der Waals surface area contributed by atoms with Crippen LogP contribution in [0.5, 0.6) is 0 Å². The zero-order valence-corrected chi connectivity index (χ0v) is 13.0. The van der Waals surface area contributed by atoms with E-state index in [9.17, 15) is 19.7 Å². The minimum atomic E-state index is -1.02. The number of nitrogens with zero attached hydrogens (tertiary/aromatic N) is 2. The van der Waals surface area contributed by atoms with Crippen molar-refractivity contribution >= 4 is 40.9 Å². The third-order valence-corrected chi connectivity index (χ3v) is 4.61. The Hall–Kier alpha value is -1.80. The van der Waals surface area contributed by atoms with Gasteiger partial charge in [0.15, 0.2) is 0 Å². The number of aliphatic carboxylic acids is 1. The van der Waals surface area contributed by atoms with Gasteiger partial charge in [0, 0.05) is 17.6 Å². The van der Waals surface area contributed by atoms with Crippen LogP contribution < -0.4 is 0 Å². The van der Waals surface area contributed by atoms with Crippen LogP contribution in [0.4, 0.5) is 5.69 Å².